The molecule has 0 bridgehead atoms. The van der Waals surface area contributed by atoms with Gasteiger partial charge in [0.1, 0.15) is 12.1 Å². The van der Waals surface area contributed by atoms with Crippen LogP contribution in [-0.4, -0.2) is 44.0 Å². The Balaban J connectivity index is 1.56. The van der Waals surface area contributed by atoms with E-state index in [9.17, 15) is 20.0 Å². The quantitative estimate of drug-likeness (QED) is 0.140. The first-order chi connectivity index (χ1) is 19.3. The van der Waals surface area contributed by atoms with Crippen LogP contribution in [0.3, 0.4) is 0 Å². The fourth-order valence-corrected chi connectivity index (χ4v) is 6.10. The third kappa shape index (κ3) is 5.59. The molecular weight excluding hydrogens is 558 g/mol. The van der Waals surface area contributed by atoms with Crippen LogP contribution < -0.4 is 10.1 Å². The molecule has 0 radical (unpaired) electrons. The van der Waals surface area contributed by atoms with E-state index < -0.39 is 28.4 Å². The molecule has 3 aromatic rings. The van der Waals surface area contributed by atoms with E-state index in [2.05, 4.69) is 15.4 Å². The second-order valence-corrected chi connectivity index (χ2v) is 11.0. The summed E-state index contributed by atoms with van der Waals surface area (Å²) in [6, 6.07) is 9.23. The number of halogens is 1. The largest absolute Gasteiger partial charge is 0.500 e. The van der Waals surface area contributed by atoms with Gasteiger partial charge in [0, 0.05) is 22.5 Å². The molecule has 210 valence electrons. The summed E-state index contributed by atoms with van der Waals surface area (Å²) in [5.74, 6) is -0.381. The summed E-state index contributed by atoms with van der Waals surface area (Å²) in [6.07, 6.45) is 4.44. The molecule has 1 unspecified atom stereocenters. The highest BCUT2D eigenvalue weighted by Crippen LogP contribution is 2.44. The Kier molecular flexibility index (Phi) is 8.17. The molecular formula is C27H28ClN5O6S. The van der Waals surface area contributed by atoms with Gasteiger partial charge in [-0.2, -0.15) is 4.98 Å². The summed E-state index contributed by atoms with van der Waals surface area (Å²) < 4.78 is 12.7. The summed E-state index contributed by atoms with van der Waals surface area (Å²) >= 11 is 7.67. The summed E-state index contributed by atoms with van der Waals surface area (Å²) in [6.45, 7) is 1.73. The van der Waals surface area contributed by atoms with Crippen molar-refractivity contribution in [2.45, 2.75) is 62.1 Å². The van der Waals surface area contributed by atoms with Crippen molar-refractivity contribution in [1.29, 1.82) is 0 Å². The normalized spacial score (nSPS) is 17.2. The highest BCUT2D eigenvalue weighted by Gasteiger charge is 2.38. The van der Waals surface area contributed by atoms with Crippen LogP contribution in [0.2, 0.25) is 5.02 Å². The number of anilines is 1. The summed E-state index contributed by atoms with van der Waals surface area (Å²) in [4.78, 5) is 29.3. The maximum Gasteiger partial charge on any atom is 0.338 e. The Morgan fingerprint density at radius 3 is 2.73 bits per heavy atom. The maximum atomic E-state index is 13.6. The molecule has 5 rings (SSSR count). The molecule has 2 N–H and O–H groups in total. The number of carbonyl (C=O) groups is 1. The first-order valence-electron chi connectivity index (χ1n) is 12.8. The van der Waals surface area contributed by atoms with Crippen LogP contribution in [0, 0.1) is 10.1 Å². The molecule has 13 heteroatoms. The van der Waals surface area contributed by atoms with Crippen molar-refractivity contribution in [2.75, 3.05) is 12.4 Å². The molecule has 0 spiro atoms. The Morgan fingerprint density at radius 1 is 1.27 bits per heavy atom. The lowest BCUT2D eigenvalue weighted by Gasteiger charge is -2.30. The average molecular weight is 586 g/mol. The number of phenolic OH excluding ortho intramolecular Hbond substituents is 1. The van der Waals surface area contributed by atoms with E-state index in [1.807, 2.05) is 24.3 Å². The molecule has 40 heavy (non-hydrogen) atoms. The van der Waals surface area contributed by atoms with Crippen LogP contribution in [0.15, 0.2) is 52.8 Å². The van der Waals surface area contributed by atoms with Crippen molar-refractivity contribution in [3.8, 4) is 11.5 Å². The van der Waals surface area contributed by atoms with Gasteiger partial charge in [-0.1, -0.05) is 48.0 Å². The maximum absolute atomic E-state index is 13.6. The number of ether oxygens (including phenoxy) is 2. The third-order valence-electron chi connectivity index (χ3n) is 7.00. The molecule has 1 saturated carbocycles. The predicted molar refractivity (Wildman–Crippen MR) is 150 cm³/mol. The number of aromatic hydroxyl groups is 1. The Morgan fingerprint density at radius 2 is 2.02 bits per heavy atom. The highest BCUT2D eigenvalue weighted by atomic mass is 35.5. The fourth-order valence-electron chi connectivity index (χ4n) is 4.99. The van der Waals surface area contributed by atoms with Crippen LogP contribution in [-0.2, 0) is 15.3 Å². The zero-order valence-electron chi connectivity index (χ0n) is 21.9. The van der Waals surface area contributed by atoms with E-state index in [1.165, 1.54) is 35.7 Å². The number of hydrogen-bond acceptors (Lipinski definition) is 10. The Hall–Kier alpha value is -3.77. The minimum atomic E-state index is -0.928. The van der Waals surface area contributed by atoms with Crippen molar-refractivity contribution in [1.82, 2.24) is 14.8 Å². The molecule has 0 saturated heterocycles. The topological polar surface area (TPSA) is 142 Å². The van der Waals surface area contributed by atoms with Crippen LogP contribution in [0.5, 0.6) is 11.5 Å². The zero-order valence-corrected chi connectivity index (χ0v) is 23.5. The van der Waals surface area contributed by atoms with Gasteiger partial charge in [-0.05, 0) is 55.9 Å². The second kappa shape index (κ2) is 11.8. The molecule has 1 aliphatic heterocycles. The molecule has 1 atom stereocenters. The van der Waals surface area contributed by atoms with Crippen molar-refractivity contribution in [3.63, 3.8) is 0 Å². The number of benzene rings is 2. The number of rotatable bonds is 8. The molecule has 1 aromatic heterocycles. The first kappa shape index (κ1) is 27.8. The molecule has 2 aliphatic rings. The molecule has 2 aromatic carbocycles. The minimum Gasteiger partial charge on any atom is -0.500 e. The highest BCUT2D eigenvalue weighted by molar-refractivity contribution is 7.98. The number of allylic oxidation sites excluding steroid dienone is 1. The van der Waals surface area contributed by atoms with E-state index in [1.54, 1.807) is 6.92 Å². The number of methoxy groups -OCH3 is 1. The average Bonchev–Trinajstić information content (AvgIpc) is 3.34. The SMILES string of the molecule is COc1cc(C2C(C(=O)OC3CCCCC3)=C(C)Nc3nc(SCc4ccccc4Cl)nn32)cc([N+](=O)[O-])c1O. The molecule has 11 nitrogen and oxygen atoms in total. The van der Waals surface area contributed by atoms with E-state index in [4.69, 9.17) is 21.1 Å². The van der Waals surface area contributed by atoms with Crippen molar-refractivity contribution < 1.29 is 24.3 Å². The molecule has 1 aliphatic carbocycles. The molecule has 2 heterocycles. The number of nitrogens with one attached hydrogen (secondary N) is 1. The number of nitrogens with zero attached hydrogens (tertiary/aromatic N) is 4. The third-order valence-corrected chi connectivity index (χ3v) is 8.26. The number of aromatic nitrogens is 3. The van der Waals surface area contributed by atoms with Gasteiger partial charge < -0.3 is 19.9 Å². The van der Waals surface area contributed by atoms with Gasteiger partial charge in [-0.3, -0.25) is 10.1 Å². The minimum absolute atomic E-state index is 0.102. The van der Waals surface area contributed by atoms with Crippen LogP contribution in [0.1, 0.15) is 56.2 Å². The van der Waals surface area contributed by atoms with Crippen LogP contribution in [0.25, 0.3) is 0 Å². The van der Waals surface area contributed by atoms with E-state index in [0.29, 0.717) is 33.1 Å². The fraction of sp³-hybridized carbons (Fsp3) is 0.370. The smallest absolute Gasteiger partial charge is 0.338 e. The van der Waals surface area contributed by atoms with Crippen LogP contribution in [0.4, 0.5) is 11.6 Å². The lowest BCUT2D eigenvalue weighted by molar-refractivity contribution is -0.386. The van der Waals surface area contributed by atoms with Gasteiger partial charge in [0.2, 0.25) is 16.9 Å². The lowest BCUT2D eigenvalue weighted by Crippen LogP contribution is -2.32. The monoisotopic (exact) mass is 585 g/mol. The number of fused-ring (bicyclic) bond motifs is 1. The number of nitro benzene ring substituents is 1. The van der Waals surface area contributed by atoms with E-state index in [0.717, 1.165) is 37.7 Å². The summed E-state index contributed by atoms with van der Waals surface area (Å²) in [7, 11) is 1.30. The number of thioether (sulfide) groups is 1. The predicted octanol–water partition coefficient (Wildman–Crippen LogP) is 6.01. The van der Waals surface area contributed by atoms with E-state index in [-0.39, 0.29) is 17.4 Å². The zero-order chi connectivity index (χ0) is 28.4. The van der Waals surface area contributed by atoms with Gasteiger partial charge in [-0.25, -0.2) is 9.48 Å². The van der Waals surface area contributed by atoms with Gasteiger partial charge in [0.05, 0.1) is 17.6 Å². The van der Waals surface area contributed by atoms with Gasteiger partial charge >= 0.3 is 11.7 Å². The van der Waals surface area contributed by atoms with Crippen LogP contribution >= 0.6 is 23.4 Å². The summed E-state index contributed by atoms with van der Waals surface area (Å²) in [5, 5.41) is 31.0. The summed E-state index contributed by atoms with van der Waals surface area (Å²) in [5.41, 5.74) is 1.40. The van der Waals surface area contributed by atoms with Crippen molar-refractivity contribution in [2.24, 2.45) is 0 Å². The Labute approximate surface area is 239 Å². The number of hydrogen-bond donors (Lipinski definition) is 2. The van der Waals surface area contributed by atoms with Gasteiger partial charge in [0.15, 0.2) is 5.75 Å². The van der Waals surface area contributed by atoms with E-state index >= 15 is 0 Å². The van der Waals surface area contributed by atoms with Crippen molar-refractivity contribution in [3.05, 3.63) is 73.9 Å². The number of carbonyl (C=O) groups excluding carboxylic acids is 1. The molecule has 1 fully saturated rings. The van der Waals surface area contributed by atoms with Crippen molar-refractivity contribution >= 4 is 41.0 Å². The number of nitro groups is 1. The van der Waals surface area contributed by atoms with Gasteiger partial charge in [-0.15, -0.1) is 5.10 Å². The number of phenols is 1. The second-order valence-electron chi connectivity index (χ2n) is 9.62. The number of esters is 1. The first-order valence-corrected chi connectivity index (χ1v) is 14.2. The van der Waals surface area contributed by atoms with Gasteiger partial charge in [0.25, 0.3) is 0 Å². The lowest BCUT2D eigenvalue weighted by atomic mass is 9.94. The Bertz CT molecular complexity index is 1490. The molecule has 0 amide bonds. The standard InChI is InChI=1S/C27H28ClN5O6S/c1-15-22(25(35)39-18-9-4-3-5-10-18)23(17-12-20(33(36)37)24(34)21(13-17)38-2)32-26(29-15)30-27(31-32)40-14-16-8-6-7-11-19(16)28/h6-8,11-13,18,23,34H,3-5,9-10,14H2,1-2H3,(H,29,30,31).